The summed E-state index contributed by atoms with van der Waals surface area (Å²) in [5.74, 6) is -0.904. The molecule has 0 bridgehead atoms. The second kappa shape index (κ2) is 9.28. The molecular weight excluding hydrogens is 438 g/mol. The Hall–Kier alpha value is -3.23. The van der Waals surface area contributed by atoms with Crippen molar-refractivity contribution >= 4 is 46.0 Å². The van der Waals surface area contributed by atoms with Crippen LogP contribution < -0.4 is 5.32 Å². The first-order valence-electron chi connectivity index (χ1n) is 9.56. The van der Waals surface area contributed by atoms with Crippen LogP contribution in [0.3, 0.4) is 0 Å². The summed E-state index contributed by atoms with van der Waals surface area (Å²) in [6.07, 6.45) is -0.486. The van der Waals surface area contributed by atoms with Gasteiger partial charge in [0.2, 0.25) is 11.8 Å². The van der Waals surface area contributed by atoms with Crippen LogP contribution in [0.1, 0.15) is 18.4 Å². The largest absolute Gasteiger partial charge is 0.444 e. The standard InChI is InChI=1S/C22H18ClN3O4S/c23-16-8-6-15(7-9-16)17-13-31-21(24-17)25-20(28)18-10-11-19(27)26(18)22(29)30-12-14-4-2-1-3-5-14/h1-9,13,18H,10-12H2,(H,24,25,28)/t18-/m0/s1. The van der Waals surface area contributed by atoms with Gasteiger partial charge in [0.15, 0.2) is 5.13 Å². The summed E-state index contributed by atoms with van der Waals surface area (Å²) in [6.45, 7) is 0.0225. The average Bonchev–Trinajstić information content (AvgIpc) is 3.40. The maximum atomic E-state index is 12.8. The number of aromatic nitrogens is 1. The lowest BCUT2D eigenvalue weighted by atomic mass is 10.2. The summed E-state index contributed by atoms with van der Waals surface area (Å²) in [6, 6.07) is 15.4. The molecule has 4 rings (SSSR count). The molecule has 0 aliphatic carbocycles. The van der Waals surface area contributed by atoms with Gasteiger partial charge in [-0.25, -0.2) is 14.7 Å². The number of halogens is 1. The summed E-state index contributed by atoms with van der Waals surface area (Å²) in [4.78, 5) is 42.8. The van der Waals surface area contributed by atoms with Gasteiger partial charge in [-0.3, -0.25) is 9.59 Å². The quantitative estimate of drug-likeness (QED) is 0.600. The third-order valence-corrected chi connectivity index (χ3v) is 5.80. The fraction of sp³-hybridized carbons (Fsp3) is 0.182. The SMILES string of the molecule is O=C(Nc1nc(-c2ccc(Cl)cc2)cs1)[C@@H]1CCC(=O)N1C(=O)OCc1ccccc1. The molecule has 0 saturated carbocycles. The minimum Gasteiger partial charge on any atom is -0.444 e. The Kier molecular flexibility index (Phi) is 6.29. The maximum absolute atomic E-state index is 12.8. The number of amides is 3. The first kappa shape index (κ1) is 21.0. The fourth-order valence-corrected chi connectivity index (χ4v) is 4.07. The Morgan fingerprint density at radius 1 is 1.16 bits per heavy atom. The molecule has 2 aromatic carbocycles. The van der Waals surface area contributed by atoms with Crippen molar-refractivity contribution in [2.24, 2.45) is 0 Å². The highest BCUT2D eigenvalue weighted by molar-refractivity contribution is 7.14. The number of hydrogen-bond acceptors (Lipinski definition) is 6. The molecule has 1 aliphatic heterocycles. The zero-order valence-electron chi connectivity index (χ0n) is 16.3. The van der Waals surface area contributed by atoms with Crippen molar-refractivity contribution in [3.05, 3.63) is 70.6 Å². The smallest absolute Gasteiger partial charge is 0.417 e. The van der Waals surface area contributed by atoms with E-state index >= 15 is 0 Å². The van der Waals surface area contributed by atoms with Gasteiger partial charge in [0, 0.05) is 22.4 Å². The molecule has 0 unspecified atom stereocenters. The second-order valence-electron chi connectivity index (χ2n) is 6.89. The Labute approximate surface area is 187 Å². The van der Waals surface area contributed by atoms with E-state index in [9.17, 15) is 14.4 Å². The molecule has 0 spiro atoms. The van der Waals surface area contributed by atoms with E-state index in [1.165, 1.54) is 11.3 Å². The summed E-state index contributed by atoms with van der Waals surface area (Å²) in [7, 11) is 0. The number of carbonyl (C=O) groups excluding carboxylic acids is 3. The highest BCUT2D eigenvalue weighted by Crippen LogP contribution is 2.27. The Balaban J connectivity index is 1.40. The molecule has 9 heteroatoms. The first-order valence-corrected chi connectivity index (χ1v) is 10.8. The number of carbonyl (C=O) groups is 3. The van der Waals surface area contributed by atoms with E-state index in [0.717, 1.165) is 16.0 Å². The number of anilines is 1. The molecule has 2 heterocycles. The number of benzene rings is 2. The summed E-state index contributed by atoms with van der Waals surface area (Å²) < 4.78 is 5.25. The Bertz CT molecular complexity index is 1100. The lowest BCUT2D eigenvalue weighted by Crippen LogP contribution is -2.45. The van der Waals surface area contributed by atoms with Crippen molar-refractivity contribution in [3.8, 4) is 11.3 Å². The number of nitrogens with zero attached hydrogens (tertiary/aromatic N) is 2. The van der Waals surface area contributed by atoms with Crippen LogP contribution in [0.5, 0.6) is 0 Å². The van der Waals surface area contributed by atoms with Gasteiger partial charge in [0.1, 0.15) is 12.6 Å². The molecule has 1 fully saturated rings. The number of ether oxygens (including phenoxy) is 1. The van der Waals surface area contributed by atoms with Crippen molar-refractivity contribution < 1.29 is 19.1 Å². The minimum absolute atomic E-state index is 0.0225. The highest BCUT2D eigenvalue weighted by Gasteiger charge is 2.41. The van der Waals surface area contributed by atoms with Crippen LogP contribution in [0.4, 0.5) is 9.93 Å². The molecule has 1 N–H and O–H groups in total. The van der Waals surface area contributed by atoms with Crippen LogP contribution in [0.2, 0.25) is 5.02 Å². The van der Waals surface area contributed by atoms with Crippen LogP contribution >= 0.6 is 22.9 Å². The third kappa shape index (κ3) is 4.92. The van der Waals surface area contributed by atoms with E-state index in [-0.39, 0.29) is 19.4 Å². The van der Waals surface area contributed by atoms with E-state index in [1.807, 2.05) is 47.8 Å². The summed E-state index contributed by atoms with van der Waals surface area (Å²) in [5, 5.41) is 5.52. The van der Waals surface area contributed by atoms with Crippen LogP contribution in [-0.4, -0.2) is 33.8 Å². The van der Waals surface area contributed by atoms with E-state index < -0.39 is 23.9 Å². The number of thiazole rings is 1. The first-order chi connectivity index (χ1) is 15.0. The van der Waals surface area contributed by atoms with Gasteiger partial charge >= 0.3 is 6.09 Å². The number of nitrogens with one attached hydrogen (secondary N) is 1. The number of hydrogen-bond donors (Lipinski definition) is 1. The molecule has 3 aromatic rings. The molecule has 0 radical (unpaired) electrons. The molecule has 3 amide bonds. The lowest BCUT2D eigenvalue weighted by molar-refractivity contribution is -0.131. The lowest BCUT2D eigenvalue weighted by Gasteiger charge is -2.21. The zero-order valence-corrected chi connectivity index (χ0v) is 17.9. The van der Waals surface area contributed by atoms with Gasteiger partial charge in [-0.05, 0) is 24.1 Å². The third-order valence-electron chi connectivity index (χ3n) is 4.79. The van der Waals surface area contributed by atoms with Crippen molar-refractivity contribution in [2.45, 2.75) is 25.5 Å². The highest BCUT2D eigenvalue weighted by atomic mass is 35.5. The van der Waals surface area contributed by atoms with Crippen LogP contribution in [-0.2, 0) is 20.9 Å². The monoisotopic (exact) mass is 455 g/mol. The predicted molar refractivity (Wildman–Crippen MR) is 118 cm³/mol. The van der Waals surface area contributed by atoms with Gasteiger partial charge in [0.05, 0.1) is 5.69 Å². The topological polar surface area (TPSA) is 88.6 Å². The predicted octanol–water partition coefficient (Wildman–Crippen LogP) is 4.73. The van der Waals surface area contributed by atoms with E-state index in [1.54, 1.807) is 12.1 Å². The van der Waals surface area contributed by atoms with E-state index in [4.69, 9.17) is 16.3 Å². The second-order valence-corrected chi connectivity index (χ2v) is 8.19. The van der Waals surface area contributed by atoms with Crippen molar-refractivity contribution in [1.82, 2.24) is 9.88 Å². The average molecular weight is 456 g/mol. The Morgan fingerprint density at radius 3 is 2.65 bits per heavy atom. The maximum Gasteiger partial charge on any atom is 0.417 e. The number of rotatable bonds is 5. The van der Waals surface area contributed by atoms with Crippen molar-refractivity contribution in [3.63, 3.8) is 0 Å². The molecule has 1 aliphatic rings. The van der Waals surface area contributed by atoms with Crippen LogP contribution in [0.15, 0.2) is 60.0 Å². The van der Waals surface area contributed by atoms with Gasteiger partial charge in [-0.15, -0.1) is 11.3 Å². The number of likely N-dealkylation sites (tertiary alicyclic amines) is 1. The molecule has 1 atom stereocenters. The van der Waals surface area contributed by atoms with Crippen LogP contribution in [0, 0.1) is 0 Å². The van der Waals surface area contributed by atoms with E-state index in [0.29, 0.717) is 15.8 Å². The van der Waals surface area contributed by atoms with Crippen molar-refractivity contribution in [2.75, 3.05) is 5.32 Å². The summed E-state index contributed by atoms with van der Waals surface area (Å²) in [5.41, 5.74) is 2.35. The normalized spacial score (nSPS) is 15.7. The summed E-state index contributed by atoms with van der Waals surface area (Å²) >= 11 is 7.17. The van der Waals surface area contributed by atoms with Gasteiger partial charge in [-0.1, -0.05) is 54.1 Å². The van der Waals surface area contributed by atoms with Crippen LogP contribution in [0.25, 0.3) is 11.3 Å². The molecule has 31 heavy (non-hydrogen) atoms. The van der Waals surface area contributed by atoms with Gasteiger partial charge < -0.3 is 10.1 Å². The minimum atomic E-state index is -0.932. The molecule has 158 valence electrons. The Morgan fingerprint density at radius 2 is 1.90 bits per heavy atom. The van der Waals surface area contributed by atoms with Gasteiger partial charge in [0.25, 0.3) is 0 Å². The molecule has 1 aromatic heterocycles. The molecule has 7 nitrogen and oxygen atoms in total. The molecule has 1 saturated heterocycles. The fourth-order valence-electron chi connectivity index (χ4n) is 3.22. The van der Waals surface area contributed by atoms with E-state index in [2.05, 4.69) is 10.3 Å². The van der Waals surface area contributed by atoms with Crippen molar-refractivity contribution in [1.29, 1.82) is 0 Å². The van der Waals surface area contributed by atoms with Gasteiger partial charge in [-0.2, -0.15) is 0 Å². The molecular formula is C22H18ClN3O4S. The zero-order chi connectivity index (χ0) is 21.8. The number of imide groups is 1.